The molecule has 0 aliphatic carbocycles. The first-order valence-corrected chi connectivity index (χ1v) is 7.65. The first-order valence-electron chi connectivity index (χ1n) is 7.65. The number of pyridine rings is 1. The molecule has 1 heterocycles. The summed E-state index contributed by atoms with van der Waals surface area (Å²) in [6, 6.07) is 4.75. The second-order valence-electron chi connectivity index (χ2n) is 5.00. The van der Waals surface area contributed by atoms with Crippen molar-refractivity contribution in [2.45, 2.75) is 45.6 Å². The molecule has 0 amide bonds. The molecule has 0 saturated heterocycles. The van der Waals surface area contributed by atoms with Crippen molar-refractivity contribution in [2.75, 3.05) is 26.4 Å². The lowest BCUT2D eigenvalue weighted by molar-refractivity contribution is 0.0925. The van der Waals surface area contributed by atoms with Gasteiger partial charge in [-0.05, 0) is 30.5 Å². The Morgan fingerprint density at radius 3 is 2.90 bits per heavy atom. The lowest BCUT2D eigenvalue weighted by Gasteiger charge is -2.17. The minimum absolute atomic E-state index is 0.0886. The number of hydrogen-bond acceptors (Lipinski definition) is 4. The van der Waals surface area contributed by atoms with Crippen molar-refractivity contribution in [2.24, 2.45) is 0 Å². The molecular formula is C16H28N2O2. The third kappa shape index (κ3) is 6.98. The van der Waals surface area contributed by atoms with Gasteiger partial charge in [0.1, 0.15) is 0 Å². The Balaban J connectivity index is 2.37. The van der Waals surface area contributed by atoms with Gasteiger partial charge in [0.2, 0.25) is 0 Å². The standard InChI is InChI=1S/C16H28N2O2/c1-3-5-14-6-7-17-16(12-14)13-15(4-2)18-8-10-20-11-9-19/h6-7,12,15,18-19H,3-5,8-11,13H2,1-2H3. The third-order valence-corrected chi connectivity index (χ3v) is 3.28. The van der Waals surface area contributed by atoms with E-state index >= 15 is 0 Å². The molecule has 1 rings (SSSR count). The van der Waals surface area contributed by atoms with Crippen LogP contribution in [0.2, 0.25) is 0 Å². The predicted octanol–water partition coefficient (Wildman–Crippen LogP) is 1.95. The maximum absolute atomic E-state index is 8.63. The highest BCUT2D eigenvalue weighted by molar-refractivity contribution is 5.17. The average Bonchev–Trinajstić information content (AvgIpc) is 2.46. The highest BCUT2D eigenvalue weighted by Gasteiger charge is 2.08. The van der Waals surface area contributed by atoms with E-state index in [0.29, 0.717) is 19.3 Å². The number of rotatable bonds is 11. The first kappa shape index (κ1) is 17.1. The van der Waals surface area contributed by atoms with E-state index in [1.807, 2.05) is 6.20 Å². The van der Waals surface area contributed by atoms with Crippen LogP contribution < -0.4 is 5.32 Å². The lowest BCUT2D eigenvalue weighted by Crippen LogP contribution is -2.33. The van der Waals surface area contributed by atoms with Gasteiger partial charge in [0.05, 0.1) is 19.8 Å². The van der Waals surface area contributed by atoms with Gasteiger partial charge in [0, 0.05) is 30.9 Å². The van der Waals surface area contributed by atoms with Gasteiger partial charge in [-0.25, -0.2) is 0 Å². The van der Waals surface area contributed by atoms with Gasteiger partial charge in [0.15, 0.2) is 0 Å². The van der Waals surface area contributed by atoms with Crippen LogP contribution in [0, 0.1) is 0 Å². The molecule has 4 nitrogen and oxygen atoms in total. The summed E-state index contributed by atoms with van der Waals surface area (Å²) in [6.45, 7) is 6.34. The van der Waals surface area contributed by atoms with Gasteiger partial charge in [-0.1, -0.05) is 20.3 Å². The molecule has 0 aromatic carbocycles. The summed E-state index contributed by atoms with van der Waals surface area (Å²) >= 11 is 0. The molecule has 0 aliphatic heterocycles. The first-order chi connectivity index (χ1) is 9.80. The number of ether oxygens (including phenoxy) is 1. The Morgan fingerprint density at radius 1 is 1.35 bits per heavy atom. The summed E-state index contributed by atoms with van der Waals surface area (Å²) in [6.07, 6.45) is 6.22. The highest BCUT2D eigenvalue weighted by Crippen LogP contribution is 2.08. The smallest absolute Gasteiger partial charge is 0.0698 e. The molecule has 0 fully saturated rings. The monoisotopic (exact) mass is 280 g/mol. The number of nitrogens with zero attached hydrogens (tertiary/aromatic N) is 1. The normalized spacial score (nSPS) is 12.6. The van der Waals surface area contributed by atoms with Crippen LogP contribution >= 0.6 is 0 Å². The van der Waals surface area contributed by atoms with Crippen LogP contribution in [0.4, 0.5) is 0 Å². The zero-order valence-corrected chi connectivity index (χ0v) is 12.8. The zero-order valence-electron chi connectivity index (χ0n) is 12.8. The number of aliphatic hydroxyl groups is 1. The molecular weight excluding hydrogens is 252 g/mol. The molecule has 0 aliphatic rings. The van der Waals surface area contributed by atoms with Crippen molar-refractivity contribution in [3.05, 3.63) is 29.6 Å². The van der Waals surface area contributed by atoms with E-state index in [4.69, 9.17) is 9.84 Å². The van der Waals surface area contributed by atoms with E-state index in [2.05, 4.69) is 36.3 Å². The van der Waals surface area contributed by atoms with Crippen molar-refractivity contribution in [3.63, 3.8) is 0 Å². The topological polar surface area (TPSA) is 54.4 Å². The minimum atomic E-state index is 0.0886. The summed E-state index contributed by atoms with van der Waals surface area (Å²) in [4.78, 5) is 4.46. The summed E-state index contributed by atoms with van der Waals surface area (Å²) in [5.74, 6) is 0. The molecule has 1 aromatic rings. The fourth-order valence-electron chi connectivity index (χ4n) is 2.20. The molecule has 0 radical (unpaired) electrons. The van der Waals surface area contributed by atoms with E-state index in [1.165, 1.54) is 12.0 Å². The van der Waals surface area contributed by atoms with Crippen LogP contribution in [0.25, 0.3) is 0 Å². The Labute approximate surface area is 122 Å². The molecule has 4 heteroatoms. The largest absolute Gasteiger partial charge is 0.394 e. The fourth-order valence-corrected chi connectivity index (χ4v) is 2.20. The maximum atomic E-state index is 8.63. The maximum Gasteiger partial charge on any atom is 0.0698 e. The third-order valence-electron chi connectivity index (χ3n) is 3.28. The second-order valence-corrected chi connectivity index (χ2v) is 5.00. The minimum Gasteiger partial charge on any atom is -0.394 e. The fraction of sp³-hybridized carbons (Fsp3) is 0.688. The highest BCUT2D eigenvalue weighted by atomic mass is 16.5. The van der Waals surface area contributed by atoms with Gasteiger partial charge in [0.25, 0.3) is 0 Å². The number of aliphatic hydroxyl groups excluding tert-OH is 1. The summed E-state index contributed by atoms with van der Waals surface area (Å²) in [5.41, 5.74) is 2.53. The number of aromatic nitrogens is 1. The van der Waals surface area contributed by atoms with E-state index < -0.39 is 0 Å². The van der Waals surface area contributed by atoms with Crippen molar-refractivity contribution in [3.8, 4) is 0 Å². The van der Waals surface area contributed by atoms with E-state index in [9.17, 15) is 0 Å². The Bertz CT molecular complexity index is 358. The molecule has 1 aromatic heterocycles. The van der Waals surface area contributed by atoms with Crippen molar-refractivity contribution < 1.29 is 9.84 Å². The molecule has 0 spiro atoms. The Morgan fingerprint density at radius 2 is 2.20 bits per heavy atom. The van der Waals surface area contributed by atoms with Gasteiger partial charge in [-0.15, -0.1) is 0 Å². The number of nitrogens with one attached hydrogen (secondary N) is 1. The van der Waals surface area contributed by atoms with E-state index in [1.54, 1.807) is 0 Å². The zero-order chi connectivity index (χ0) is 14.6. The van der Waals surface area contributed by atoms with Crippen molar-refractivity contribution in [1.29, 1.82) is 0 Å². The number of aryl methyl sites for hydroxylation is 1. The molecule has 1 atom stereocenters. The average molecular weight is 280 g/mol. The second kappa shape index (κ2) is 10.8. The van der Waals surface area contributed by atoms with Crippen LogP contribution in [0.3, 0.4) is 0 Å². The van der Waals surface area contributed by atoms with Gasteiger partial charge < -0.3 is 15.2 Å². The van der Waals surface area contributed by atoms with Gasteiger partial charge in [-0.3, -0.25) is 4.98 Å². The Kier molecular flexibility index (Phi) is 9.20. The van der Waals surface area contributed by atoms with Crippen LogP contribution in [0.5, 0.6) is 0 Å². The summed E-state index contributed by atoms with van der Waals surface area (Å²) in [7, 11) is 0. The van der Waals surface area contributed by atoms with Crippen LogP contribution in [-0.4, -0.2) is 42.5 Å². The van der Waals surface area contributed by atoms with Gasteiger partial charge in [-0.2, -0.15) is 0 Å². The van der Waals surface area contributed by atoms with Crippen LogP contribution in [0.1, 0.15) is 37.9 Å². The van der Waals surface area contributed by atoms with E-state index in [0.717, 1.165) is 31.5 Å². The SMILES string of the molecule is CCCc1ccnc(CC(CC)NCCOCCO)c1. The molecule has 0 saturated carbocycles. The molecule has 20 heavy (non-hydrogen) atoms. The molecule has 1 unspecified atom stereocenters. The molecule has 0 bridgehead atoms. The molecule has 2 N–H and O–H groups in total. The summed E-state index contributed by atoms with van der Waals surface area (Å²) < 4.78 is 5.25. The Hall–Kier alpha value is -0.970. The lowest BCUT2D eigenvalue weighted by atomic mass is 10.1. The summed E-state index contributed by atoms with van der Waals surface area (Å²) in [5, 5.41) is 12.1. The number of hydrogen-bond donors (Lipinski definition) is 2. The van der Waals surface area contributed by atoms with Crippen LogP contribution in [0.15, 0.2) is 18.3 Å². The van der Waals surface area contributed by atoms with Crippen molar-refractivity contribution in [1.82, 2.24) is 10.3 Å². The quantitative estimate of drug-likeness (QED) is 0.608. The van der Waals surface area contributed by atoms with Gasteiger partial charge >= 0.3 is 0 Å². The molecule has 114 valence electrons. The van der Waals surface area contributed by atoms with Crippen molar-refractivity contribution >= 4 is 0 Å². The predicted molar refractivity (Wildman–Crippen MR) is 81.9 cm³/mol. The van der Waals surface area contributed by atoms with E-state index in [-0.39, 0.29) is 6.61 Å². The van der Waals surface area contributed by atoms with Crippen LogP contribution in [-0.2, 0) is 17.6 Å².